The van der Waals surface area contributed by atoms with Crippen molar-refractivity contribution in [2.75, 3.05) is 19.8 Å². The highest BCUT2D eigenvalue weighted by Crippen LogP contribution is 2.04. The fraction of sp³-hybridized carbons (Fsp3) is 0.750. The standard InChI is InChI=1S/C8H13BrO4/c1-3-12-5-6(10)7(9)8(11)13-4-2/h7H,3-5H2,1-2H3. The van der Waals surface area contributed by atoms with Crippen LogP contribution >= 0.6 is 15.9 Å². The summed E-state index contributed by atoms with van der Waals surface area (Å²) in [5.74, 6) is -0.882. The van der Waals surface area contributed by atoms with Crippen molar-refractivity contribution >= 4 is 27.7 Å². The Kier molecular flexibility index (Phi) is 6.80. The Morgan fingerprint density at radius 2 is 1.92 bits per heavy atom. The molecule has 0 spiro atoms. The van der Waals surface area contributed by atoms with Gasteiger partial charge in [0.25, 0.3) is 0 Å². The van der Waals surface area contributed by atoms with Crippen LogP contribution in [0.2, 0.25) is 0 Å². The molecule has 0 radical (unpaired) electrons. The summed E-state index contributed by atoms with van der Waals surface area (Å²) in [6, 6.07) is 0. The van der Waals surface area contributed by atoms with Crippen LogP contribution in [0.15, 0.2) is 0 Å². The second kappa shape index (κ2) is 7.03. The van der Waals surface area contributed by atoms with Gasteiger partial charge in [-0.3, -0.25) is 9.59 Å². The van der Waals surface area contributed by atoms with E-state index in [0.29, 0.717) is 6.61 Å². The van der Waals surface area contributed by atoms with Crippen LogP contribution in [0.4, 0.5) is 0 Å². The third-order valence-corrected chi connectivity index (χ3v) is 2.11. The number of alkyl halides is 1. The predicted molar refractivity (Wildman–Crippen MR) is 50.8 cm³/mol. The lowest BCUT2D eigenvalue weighted by molar-refractivity contribution is -0.145. The molecule has 1 atom stereocenters. The largest absolute Gasteiger partial charge is 0.465 e. The summed E-state index contributed by atoms with van der Waals surface area (Å²) in [4.78, 5) is 21.2. The van der Waals surface area contributed by atoms with Gasteiger partial charge in [-0.1, -0.05) is 15.9 Å². The van der Waals surface area contributed by atoms with Crippen LogP contribution in [-0.4, -0.2) is 36.4 Å². The topological polar surface area (TPSA) is 52.6 Å². The number of rotatable bonds is 6. The van der Waals surface area contributed by atoms with E-state index in [0.717, 1.165) is 0 Å². The molecule has 0 saturated heterocycles. The minimum Gasteiger partial charge on any atom is -0.465 e. The van der Waals surface area contributed by atoms with E-state index in [1.54, 1.807) is 13.8 Å². The van der Waals surface area contributed by atoms with Crippen LogP contribution in [0.1, 0.15) is 13.8 Å². The average molecular weight is 253 g/mol. The second-order valence-electron chi connectivity index (χ2n) is 2.22. The second-order valence-corrected chi connectivity index (χ2v) is 3.13. The molecule has 0 aliphatic rings. The van der Waals surface area contributed by atoms with Crippen molar-refractivity contribution in [3.63, 3.8) is 0 Å². The molecular formula is C8H13BrO4. The fourth-order valence-electron chi connectivity index (χ4n) is 0.623. The predicted octanol–water partition coefficient (Wildman–Crippen LogP) is 0.919. The van der Waals surface area contributed by atoms with Gasteiger partial charge in [-0.05, 0) is 13.8 Å². The van der Waals surface area contributed by atoms with E-state index in [-0.39, 0.29) is 19.0 Å². The molecular weight excluding hydrogens is 240 g/mol. The monoisotopic (exact) mass is 252 g/mol. The number of carbonyl (C=O) groups is 2. The van der Waals surface area contributed by atoms with E-state index in [2.05, 4.69) is 20.7 Å². The smallest absolute Gasteiger partial charge is 0.327 e. The van der Waals surface area contributed by atoms with E-state index < -0.39 is 10.8 Å². The molecule has 5 heteroatoms. The first-order valence-corrected chi connectivity index (χ1v) is 4.96. The number of carbonyl (C=O) groups excluding carboxylic acids is 2. The lowest BCUT2D eigenvalue weighted by Gasteiger charge is -2.07. The minimum atomic E-state index is -0.904. The van der Waals surface area contributed by atoms with Crippen molar-refractivity contribution in [2.24, 2.45) is 0 Å². The fourth-order valence-corrected chi connectivity index (χ4v) is 0.887. The van der Waals surface area contributed by atoms with E-state index >= 15 is 0 Å². The molecule has 0 aliphatic heterocycles. The van der Waals surface area contributed by atoms with Crippen molar-refractivity contribution in [3.05, 3.63) is 0 Å². The normalized spacial score (nSPS) is 12.2. The molecule has 1 unspecified atom stereocenters. The third-order valence-electron chi connectivity index (χ3n) is 1.22. The Hall–Kier alpha value is -0.420. The summed E-state index contributed by atoms with van der Waals surface area (Å²) in [5, 5.41) is 0. The van der Waals surface area contributed by atoms with Crippen molar-refractivity contribution < 1.29 is 19.1 Å². The number of hydrogen-bond donors (Lipinski definition) is 0. The Balaban J connectivity index is 3.87. The third kappa shape index (κ3) is 5.00. The maximum atomic E-state index is 11.1. The maximum absolute atomic E-state index is 11.1. The van der Waals surface area contributed by atoms with Crippen LogP contribution in [0, 0.1) is 0 Å². The van der Waals surface area contributed by atoms with Crippen LogP contribution in [0.25, 0.3) is 0 Å². The van der Waals surface area contributed by atoms with Crippen LogP contribution in [0.5, 0.6) is 0 Å². The Bertz CT molecular complexity index is 181. The summed E-state index contributed by atoms with van der Waals surface area (Å²) >= 11 is 2.94. The quantitative estimate of drug-likeness (QED) is 0.401. The SMILES string of the molecule is CCOCC(=O)C(Br)C(=O)OCC. The zero-order chi connectivity index (χ0) is 10.3. The van der Waals surface area contributed by atoms with Gasteiger partial charge in [-0.15, -0.1) is 0 Å². The summed E-state index contributed by atoms with van der Waals surface area (Å²) in [6.45, 7) is 4.12. The highest BCUT2D eigenvalue weighted by Gasteiger charge is 2.24. The molecule has 4 nitrogen and oxygen atoms in total. The van der Waals surface area contributed by atoms with Crippen molar-refractivity contribution in [3.8, 4) is 0 Å². The Labute approximate surface area is 85.7 Å². The van der Waals surface area contributed by atoms with Gasteiger partial charge in [-0.2, -0.15) is 0 Å². The van der Waals surface area contributed by atoms with Gasteiger partial charge >= 0.3 is 5.97 Å². The Morgan fingerprint density at radius 3 is 2.38 bits per heavy atom. The molecule has 0 aromatic rings. The van der Waals surface area contributed by atoms with Crippen LogP contribution in [-0.2, 0) is 19.1 Å². The van der Waals surface area contributed by atoms with Gasteiger partial charge in [0.15, 0.2) is 10.6 Å². The van der Waals surface area contributed by atoms with Crippen molar-refractivity contribution in [1.82, 2.24) is 0 Å². The molecule has 0 fully saturated rings. The number of ketones is 1. The van der Waals surface area contributed by atoms with Crippen molar-refractivity contribution in [1.29, 1.82) is 0 Å². The minimum absolute atomic E-state index is 0.0643. The maximum Gasteiger partial charge on any atom is 0.327 e. The first-order valence-electron chi connectivity index (χ1n) is 4.04. The molecule has 0 N–H and O–H groups in total. The molecule has 0 saturated carbocycles. The van der Waals surface area contributed by atoms with Gasteiger partial charge < -0.3 is 9.47 Å². The van der Waals surface area contributed by atoms with Gasteiger partial charge in [0, 0.05) is 6.61 Å². The van der Waals surface area contributed by atoms with Gasteiger partial charge in [0.05, 0.1) is 6.61 Å². The number of esters is 1. The number of hydrogen-bond acceptors (Lipinski definition) is 4. The highest BCUT2D eigenvalue weighted by molar-refractivity contribution is 9.10. The van der Waals surface area contributed by atoms with E-state index in [4.69, 9.17) is 4.74 Å². The molecule has 0 heterocycles. The van der Waals surface area contributed by atoms with Crippen molar-refractivity contribution in [2.45, 2.75) is 18.7 Å². The number of halogens is 1. The van der Waals surface area contributed by atoms with Gasteiger partial charge in [0.1, 0.15) is 6.61 Å². The molecule has 0 aliphatic carbocycles. The summed E-state index contributed by atoms with van der Waals surface area (Å²) < 4.78 is 9.50. The first-order chi connectivity index (χ1) is 6.13. The van der Waals surface area contributed by atoms with E-state index in [1.807, 2.05) is 0 Å². The molecule has 0 rings (SSSR count). The molecule has 0 amide bonds. The molecule has 0 aromatic heterocycles. The van der Waals surface area contributed by atoms with E-state index in [9.17, 15) is 9.59 Å². The lowest BCUT2D eigenvalue weighted by Crippen LogP contribution is -2.29. The average Bonchev–Trinajstić information content (AvgIpc) is 2.13. The van der Waals surface area contributed by atoms with Gasteiger partial charge in [-0.25, -0.2) is 0 Å². The van der Waals surface area contributed by atoms with Crippen LogP contribution < -0.4 is 0 Å². The molecule has 13 heavy (non-hydrogen) atoms. The van der Waals surface area contributed by atoms with Gasteiger partial charge in [0.2, 0.25) is 0 Å². The van der Waals surface area contributed by atoms with E-state index in [1.165, 1.54) is 0 Å². The molecule has 76 valence electrons. The summed E-state index contributed by atoms with van der Waals surface area (Å²) in [6.07, 6.45) is 0. The highest BCUT2D eigenvalue weighted by atomic mass is 79.9. The zero-order valence-corrected chi connectivity index (χ0v) is 9.30. The Morgan fingerprint density at radius 1 is 1.31 bits per heavy atom. The lowest BCUT2D eigenvalue weighted by atomic mass is 10.3. The number of ether oxygens (including phenoxy) is 2. The summed E-state index contributed by atoms with van der Waals surface area (Å²) in [5.41, 5.74) is 0. The zero-order valence-electron chi connectivity index (χ0n) is 7.71. The molecule has 0 aromatic carbocycles. The number of Topliss-reactive ketones (excluding diaryl/α,β-unsaturated/α-hetero) is 1. The van der Waals surface area contributed by atoms with Crippen LogP contribution in [0.3, 0.4) is 0 Å². The summed E-state index contributed by atoms with van der Waals surface area (Å²) in [7, 11) is 0. The first kappa shape index (κ1) is 12.6. The molecule has 0 bridgehead atoms.